The Morgan fingerprint density at radius 3 is 1.85 bits per heavy atom. The third-order valence-electron chi connectivity index (χ3n) is 9.17. The first-order valence-electron chi connectivity index (χ1n) is 20.9. The molecule has 5 heterocycles. The van der Waals surface area contributed by atoms with Gasteiger partial charge in [-0.05, 0) is 114 Å². The minimum atomic E-state index is -1.06. The minimum Gasteiger partial charge on any atom is -0.475 e. The molecular weight excluding hydrogens is 860 g/mol. The lowest BCUT2D eigenvalue weighted by Gasteiger charge is -2.33. The fourth-order valence-electron chi connectivity index (χ4n) is 6.70. The Bertz CT molecular complexity index is 2620. The summed E-state index contributed by atoms with van der Waals surface area (Å²) in [6, 6.07) is 11.1. The van der Waals surface area contributed by atoms with Crippen LogP contribution >= 0.6 is 11.8 Å². The Morgan fingerprint density at radius 2 is 1.29 bits per heavy atom. The molecule has 0 spiro atoms. The molecule has 0 unspecified atom stereocenters. The fraction of sp³-hybridized carbons (Fsp3) is 0.457. The molecule has 346 valence electrons. The Balaban J connectivity index is 1.55. The van der Waals surface area contributed by atoms with E-state index in [4.69, 9.17) is 38.6 Å². The standard InChI is InChI=1S/C46H55FN8O9S/c1-25(27-20-17-21-48-35(27)55(41(58)63-45(8,9)10)42(59)64-46(11,12)13)53-22-23-60-37-30-33(51-38(65-14)52-36(30)53)31(47)34(50-37)32-28-19-16-15-18-26(28)24-29(49-32)54(39(56)61-43(2,3)4)40(57)62-44(5,6)7/h15-21,24-25H,22-23H2,1-14H3/t25-/m1/s1. The highest BCUT2D eigenvalue weighted by molar-refractivity contribution is 7.98. The zero-order valence-corrected chi connectivity index (χ0v) is 40.0. The summed E-state index contributed by atoms with van der Waals surface area (Å²) in [6.45, 7) is 22.0. The van der Waals surface area contributed by atoms with Crippen molar-refractivity contribution < 1.29 is 47.3 Å². The van der Waals surface area contributed by atoms with Gasteiger partial charge in [-0.2, -0.15) is 9.80 Å². The molecule has 0 bridgehead atoms. The lowest BCUT2D eigenvalue weighted by molar-refractivity contribution is 0.0406. The molecule has 0 saturated heterocycles. The van der Waals surface area contributed by atoms with E-state index in [0.717, 1.165) is 4.90 Å². The number of rotatable bonds is 6. The number of aromatic nitrogens is 5. The van der Waals surface area contributed by atoms with Crippen LogP contribution in [0.15, 0.2) is 53.8 Å². The molecule has 1 atom stereocenters. The normalized spacial score (nSPS) is 13.7. The van der Waals surface area contributed by atoms with Crippen LogP contribution in [0.3, 0.4) is 0 Å². The van der Waals surface area contributed by atoms with Gasteiger partial charge in [-0.3, -0.25) is 0 Å². The second-order valence-corrected chi connectivity index (χ2v) is 19.9. The molecule has 0 aliphatic carbocycles. The molecule has 65 heavy (non-hydrogen) atoms. The molecule has 0 fully saturated rings. The first-order valence-corrected chi connectivity index (χ1v) is 22.1. The van der Waals surface area contributed by atoms with Gasteiger partial charge in [0, 0.05) is 17.1 Å². The molecule has 5 aromatic rings. The largest absolute Gasteiger partial charge is 0.475 e. The van der Waals surface area contributed by atoms with E-state index in [-0.39, 0.29) is 63.9 Å². The van der Waals surface area contributed by atoms with Crippen LogP contribution in [0.5, 0.6) is 5.88 Å². The Kier molecular flexibility index (Phi) is 13.2. The van der Waals surface area contributed by atoms with Crippen molar-refractivity contribution in [3.63, 3.8) is 0 Å². The minimum absolute atomic E-state index is 0.0131. The number of thioether (sulfide) groups is 1. The maximum atomic E-state index is 17.6. The molecule has 0 radical (unpaired) electrons. The molecule has 19 heteroatoms. The molecule has 1 aliphatic heterocycles. The van der Waals surface area contributed by atoms with Crippen LogP contribution in [-0.4, -0.2) is 91.1 Å². The van der Waals surface area contributed by atoms with Gasteiger partial charge in [-0.15, -0.1) is 0 Å². The summed E-state index contributed by atoms with van der Waals surface area (Å²) >= 11 is 1.18. The van der Waals surface area contributed by atoms with Crippen molar-refractivity contribution in [2.45, 2.75) is 124 Å². The highest BCUT2D eigenvalue weighted by Crippen LogP contribution is 2.44. The predicted octanol–water partition coefficient (Wildman–Crippen LogP) is 10.8. The number of halogens is 1. The number of imide groups is 2. The number of hydrogen-bond donors (Lipinski definition) is 0. The number of ether oxygens (including phenoxy) is 5. The van der Waals surface area contributed by atoms with E-state index < -0.39 is 58.6 Å². The van der Waals surface area contributed by atoms with Gasteiger partial charge in [0.25, 0.3) is 0 Å². The Labute approximate surface area is 381 Å². The van der Waals surface area contributed by atoms with Crippen molar-refractivity contribution in [2.75, 3.05) is 34.1 Å². The first kappa shape index (κ1) is 48.1. The number of anilines is 3. The fourth-order valence-corrected chi connectivity index (χ4v) is 7.06. The van der Waals surface area contributed by atoms with E-state index in [0.29, 0.717) is 21.2 Å². The number of carbonyl (C=O) groups excluding carboxylic acids is 4. The van der Waals surface area contributed by atoms with Crippen LogP contribution in [0.4, 0.5) is 41.0 Å². The Morgan fingerprint density at radius 1 is 0.738 bits per heavy atom. The van der Waals surface area contributed by atoms with E-state index in [9.17, 15) is 19.2 Å². The Hall–Kier alpha value is -6.37. The van der Waals surface area contributed by atoms with Gasteiger partial charge in [-0.25, -0.2) is 48.5 Å². The summed E-state index contributed by atoms with van der Waals surface area (Å²) in [5.74, 6) is -0.909. The summed E-state index contributed by atoms with van der Waals surface area (Å²) in [7, 11) is 0. The third kappa shape index (κ3) is 10.9. The topological polar surface area (TPSA) is 189 Å². The van der Waals surface area contributed by atoms with Gasteiger partial charge in [-0.1, -0.05) is 42.1 Å². The molecule has 1 aliphatic rings. The summed E-state index contributed by atoms with van der Waals surface area (Å²) < 4.78 is 46.5. The summed E-state index contributed by atoms with van der Waals surface area (Å²) in [5.41, 5.74) is -4.01. The highest BCUT2D eigenvalue weighted by Gasteiger charge is 2.39. The number of nitrogens with zero attached hydrogens (tertiary/aromatic N) is 8. The van der Waals surface area contributed by atoms with Crippen molar-refractivity contribution in [3.8, 4) is 17.3 Å². The first-order chi connectivity index (χ1) is 30.2. The zero-order valence-electron chi connectivity index (χ0n) is 39.1. The van der Waals surface area contributed by atoms with E-state index in [1.807, 2.05) is 11.8 Å². The highest BCUT2D eigenvalue weighted by atomic mass is 32.2. The average Bonchev–Trinajstić information content (AvgIpc) is 3.35. The van der Waals surface area contributed by atoms with Gasteiger partial charge in [0.2, 0.25) is 5.88 Å². The van der Waals surface area contributed by atoms with E-state index in [1.54, 1.807) is 126 Å². The van der Waals surface area contributed by atoms with Gasteiger partial charge in [0.15, 0.2) is 16.8 Å². The summed E-state index contributed by atoms with van der Waals surface area (Å²) in [4.78, 5) is 81.8. The molecule has 17 nitrogen and oxygen atoms in total. The zero-order chi connectivity index (χ0) is 48.0. The van der Waals surface area contributed by atoms with E-state index >= 15 is 4.39 Å². The molecule has 6 rings (SSSR count). The second-order valence-electron chi connectivity index (χ2n) is 19.1. The number of pyridine rings is 3. The van der Waals surface area contributed by atoms with Crippen LogP contribution in [0, 0.1) is 5.82 Å². The SMILES string of the molecule is CSc1nc2c3c(nc(-c4nc(N(C(=O)OC(C)(C)C)C(=O)OC(C)(C)C)cc5ccccc45)c(F)c3n1)OCCN2[C@H](C)c1cccnc1N(C(=O)OC(C)(C)C)C(=O)OC(C)(C)C. The number of hydrogen-bond acceptors (Lipinski definition) is 16. The molecule has 1 aromatic carbocycles. The number of benzene rings is 1. The van der Waals surface area contributed by atoms with Crippen molar-refractivity contribution in [3.05, 3.63) is 60.0 Å². The van der Waals surface area contributed by atoms with Gasteiger partial charge in [0.05, 0.1) is 12.6 Å². The van der Waals surface area contributed by atoms with Gasteiger partial charge < -0.3 is 28.6 Å². The van der Waals surface area contributed by atoms with E-state index in [1.165, 1.54) is 24.0 Å². The molecular formula is C46H55FN8O9S. The molecule has 4 amide bonds. The van der Waals surface area contributed by atoms with Gasteiger partial charge in [0.1, 0.15) is 62.9 Å². The third-order valence-corrected chi connectivity index (χ3v) is 9.72. The van der Waals surface area contributed by atoms with Crippen molar-refractivity contribution in [1.82, 2.24) is 24.9 Å². The average molecular weight is 915 g/mol. The van der Waals surface area contributed by atoms with Crippen molar-refractivity contribution >= 4 is 75.3 Å². The van der Waals surface area contributed by atoms with Gasteiger partial charge >= 0.3 is 24.4 Å². The maximum Gasteiger partial charge on any atom is 0.425 e. The molecule has 0 saturated carbocycles. The van der Waals surface area contributed by atoms with Crippen LogP contribution in [0.1, 0.15) is 102 Å². The quantitative estimate of drug-likeness (QED) is 0.0887. The number of carbonyl (C=O) groups is 4. The molecule has 0 N–H and O–H groups in total. The second kappa shape index (κ2) is 17.9. The van der Waals surface area contributed by atoms with Crippen LogP contribution < -0.4 is 19.4 Å². The lowest BCUT2D eigenvalue weighted by atomic mass is 10.0. The predicted molar refractivity (Wildman–Crippen MR) is 245 cm³/mol. The van der Waals surface area contributed by atoms with Crippen LogP contribution in [-0.2, 0) is 18.9 Å². The van der Waals surface area contributed by atoms with Crippen molar-refractivity contribution in [1.29, 1.82) is 0 Å². The van der Waals surface area contributed by atoms with Crippen molar-refractivity contribution in [2.24, 2.45) is 0 Å². The summed E-state index contributed by atoms with van der Waals surface area (Å²) in [5, 5.41) is 1.27. The monoisotopic (exact) mass is 914 g/mol. The van der Waals surface area contributed by atoms with E-state index in [2.05, 4.69) is 9.97 Å². The maximum absolute atomic E-state index is 17.6. The van der Waals surface area contributed by atoms with Crippen LogP contribution in [0.25, 0.3) is 33.1 Å². The lowest BCUT2D eigenvalue weighted by Crippen LogP contribution is -2.45. The summed E-state index contributed by atoms with van der Waals surface area (Å²) in [6.07, 6.45) is -0.930. The number of amides is 4. The smallest absolute Gasteiger partial charge is 0.425 e. The number of fused-ring (bicyclic) bond motifs is 1. The molecule has 4 aromatic heterocycles. The van der Waals surface area contributed by atoms with Crippen LogP contribution in [0.2, 0.25) is 0 Å².